The normalized spacial score (nSPS) is 11.5. The van der Waals surface area contributed by atoms with Crippen LogP contribution in [0.1, 0.15) is 26.7 Å². The molecule has 2 aromatic rings. The van der Waals surface area contributed by atoms with Gasteiger partial charge < -0.3 is 5.32 Å². The number of thiazole rings is 1. The van der Waals surface area contributed by atoms with Gasteiger partial charge in [0, 0.05) is 18.3 Å². The Hall–Kier alpha value is -0.580. The molecule has 2 nitrogen and oxygen atoms in total. The van der Waals surface area contributed by atoms with E-state index in [0.29, 0.717) is 6.04 Å². The molecule has 0 amide bonds. The van der Waals surface area contributed by atoms with Gasteiger partial charge in [0.15, 0.2) is 4.34 Å². The highest BCUT2D eigenvalue weighted by molar-refractivity contribution is 8.01. The average molecular weight is 280 g/mol. The zero-order chi connectivity index (χ0) is 12.8. The fourth-order valence-electron chi connectivity index (χ4n) is 1.89. The summed E-state index contributed by atoms with van der Waals surface area (Å²) in [5.74, 6) is 1.09. The first-order valence-electron chi connectivity index (χ1n) is 6.55. The van der Waals surface area contributed by atoms with Crippen LogP contribution in [0.3, 0.4) is 0 Å². The summed E-state index contributed by atoms with van der Waals surface area (Å²) in [5, 5.41) is 3.58. The van der Waals surface area contributed by atoms with E-state index >= 15 is 0 Å². The first-order valence-corrected chi connectivity index (χ1v) is 8.35. The second-order valence-corrected chi connectivity index (χ2v) is 6.64. The summed E-state index contributed by atoms with van der Waals surface area (Å²) >= 11 is 3.65. The Labute approximate surface area is 117 Å². The van der Waals surface area contributed by atoms with Crippen molar-refractivity contribution in [3.8, 4) is 0 Å². The van der Waals surface area contributed by atoms with E-state index in [4.69, 9.17) is 0 Å². The fourth-order valence-corrected chi connectivity index (χ4v) is 3.90. The summed E-state index contributed by atoms with van der Waals surface area (Å²) in [5.41, 5.74) is 1.12. The second-order valence-electron chi connectivity index (χ2n) is 4.26. The van der Waals surface area contributed by atoms with Gasteiger partial charge in [0.05, 0.1) is 10.2 Å². The number of aromatic nitrogens is 1. The Morgan fingerprint density at radius 2 is 2.06 bits per heavy atom. The number of hydrogen-bond donors (Lipinski definition) is 1. The molecular weight excluding hydrogens is 260 g/mol. The predicted molar refractivity (Wildman–Crippen MR) is 82.7 cm³/mol. The van der Waals surface area contributed by atoms with Crippen LogP contribution in [0, 0.1) is 0 Å². The molecule has 18 heavy (non-hydrogen) atoms. The Morgan fingerprint density at radius 3 is 2.78 bits per heavy atom. The fraction of sp³-hybridized carbons (Fsp3) is 0.500. The largest absolute Gasteiger partial charge is 0.313 e. The predicted octanol–water partition coefficient (Wildman–Crippen LogP) is 4.17. The van der Waals surface area contributed by atoms with Crippen molar-refractivity contribution in [3.05, 3.63) is 24.3 Å². The topological polar surface area (TPSA) is 24.9 Å². The van der Waals surface area contributed by atoms with Crippen LogP contribution in [-0.2, 0) is 0 Å². The summed E-state index contributed by atoms with van der Waals surface area (Å²) in [6.45, 7) is 5.54. The SMILES string of the molecule is CCC(CC)NCCSc1nc2ccccc2s1. The van der Waals surface area contributed by atoms with E-state index in [1.54, 1.807) is 11.3 Å². The van der Waals surface area contributed by atoms with Gasteiger partial charge in [-0.05, 0) is 25.0 Å². The van der Waals surface area contributed by atoms with Gasteiger partial charge in [0.25, 0.3) is 0 Å². The van der Waals surface area contributed by atoms with Gasteiger partial charge in [-0.1, -0.05) is 37.7 Å². The number of thioether (sulfide) groups is 1. The lowest BCUT2D eigenvalue weighted by molar-refractivity contribution is 0.501. The van der Waals surface area contributed by atoms with Gasteiger partial charge in [0.2, 0.25) is 0 Å². The van der Waals surface area contributed by atoms with E-state index < -0.39 is 0 Å². The zero-order valence-corrected chi connectivity index (χ0v) is 12.6. The van der Waals surface area contributed by atoms with Crippen LogP contribution in [0.25, 0.3) is 10.2 Å². The molecule has 0 fully saturated rings. The molecule has 2 rings (SSSR count). The van der Waals surface area contributed by atoms with E-state index in [-0.39, 0.29) is 0 Å². The number of nitrogens with zero attached hydrogens (tertiary/aromatic N) is 1. The van der Waals surface area contributed by atoms with Crippen LogP contribution in [0.2, 0.25) is 0 Å². The van der Waals surface area contributed by atoms with Crippen molar-refractivity contribution in [2.45, 2.75) is 37.1 Å². The van der Waals surface area contributed by atoms with Gasteiger partial charge in [-0.3, -0.25) is 0 Å². The number of para-hydroxylation sites is 1. The first-order chi connectivity index (χ1) is 8.83. The Balaban J connectivity index is 1.80. The highest BCUT2D eigenvalue weighted by atomic mass is 32.2. The molecular formula is C14H20N2S2. The smallest absolute Gasteiger partial charge is 0.151 e. The Bertz CT molecular complexity index is 444. The van der Waals surface area contributed by atoms with Crippen molar-refractivity contribution >= 4 is 33.3 Å². The number of rotatable bonds is 7. The minimum absolute atomic E-state index is 0.668. The molecule has 1 aromatic carbocycles. The van der Waals surface area contributed by atoms with E-state index in [0.717, 1.165) is 17.8 Å². The molecule has 0 aliphatic carbocycles. The molecule has 0 atom stereocenters. The van der Waals surface area contributed by atoms with Crippen molar-refractivity contribution in [2.75, 3.05) is 12.3 Å². The number of hydrogen-bond acceptors (Lipinski definition) is 4. The monoisotopic (exact) mass is 280 g/mol. The van der Waals surface area contributed by atoms with Crippen LogP contribution >= 0.6 is 23.1 Å². The summed E-state index contributed by atoms with van der Waals surface area (Å²) in [6.07, 6.45) is 2.42. The number of benzene rings is 1. The first kappa shape index (κ1) is 13.8. The van der Waals surface area contributed by atoms with Crippen LogP contribution in [0.5, 0.6) is 0 Å². The Kier molecular flexibility index (Phi) is 5.47. The molecule has 0 bridgehead atoms. The lowest BCUT2D eigenvalue weighted by atomic mass is 10.2. The molecule has 0 saturated carbocycles. The lowest BCUT2D eigenvalue weighted by Gasteiger charge is -2.13. The van der Waals surface area contributed by atoms with Gasteiger partial charge in [-0.25, -0.2) is 4.98 Å². The number of nitrogens with one attached hydrogen (secondary N) is 1. The maximum atomic E-state index is 4.62. The van der Waals surface area contributed by atoms with E-state index in [2.05, 4.69) is 42.3 Å². The quantitative estimate of drug-likeness (QED) is 0.609. The standard InChI is InChI=1S/C14H20N2S2/c1-3-11(4-2)15-9-10-17-14-16-12-7-5-6-8-13(12)18-14/h5-8,11,15H,3-4,9-10H2,1-2H3. The molecule has 1 heterocycles. The highest BCUT2D eigenvalue weighted by Gasteiger charge is 2.04. The molecule has 1 N–H and O–H groups in total. The third-order valence-electron chi connectivity index (χ3n) is 3.02. The van der Waals surface area contributed by atoms with Crippen molar-refractivity contribution in [1.82, 2.24) is 10.3 Å². The Morgan fingerprint density at radius 1 is 1.28 bits per heavy atom. The van der Waals surface area contributed by atoms with Crippen molar-refractivity contribution in [1.29, 1.82) is 0 Å². The third kappa shape index (κ3) is 3.70. The number of fused-ring (bicyclic) bond motifs is 1. The molecule has 4 heteroatoms. The highest BCUT2D eigenvalue weighted by Crippen LogP contribution is 2.28. The third-order valence-corrected chi connectivity index (χ3v) is 5.20. The molecule has 98 valence electrons. The van der Waals surface area contributed by atoms with Crippen LogP contribution < -0.4 is 5.32 Å². The molecule has 0 unspecified atom stereocenters. The van der Waals surface area contributed by atoms with Crippen molar-refractivity contribution in [3.63, 3.8) is 0 Å². The summed E-state index contributed by atoms with van der Waals surface area (Å²) in [6, 6.07) is 9.01. The van der Waals surface area contributed by atoms with Gasteiger partial charge in [-0.15, -0.1) is 11.3 Å². The van der Waals surface area contributed by atoms with Crippen LogP contribution in [0.15, 0.2) is 28.6 Å². The zero-order valence-electron chi connectivity index (χ0n) is 11.0. The average Bonchev–Trinajstić information content (AvgIpc) is 2.81. The maximum Gasteiger partial charge on any atom is 0.151 e. The molecule has 0 aliphatic heterocycles. The molecule has 0 radical (unpaired) electrons. The van der Waals surface area contributed by atoms with Gasteiger partial charge in [-0.2, -0.15) is 0 Å². The second kappa shape index (κ2) is 7.12. The minimum Gasteiger partial charge on any atom is -0.313 e. The van der Waals surface area contributed by atoms with Gasteiger partial charge >= 0.3 is 0 Å². The molecule has 0 spiro atoms. The summed E-state index contributed by atoms with van der Waals surface area (Å²) in [7, 11) is 0. The van der Waals surface area contributed by atoms with E-state index in [1.807, 2.05) is 17.8 Å². The summed E-state index contributed by atoms with van der Waals surface area (Å²) < 4.78 is 2.47. The molecule has 1 aromatic heterocycles. The molecule has 0 aliphatic rings. The van der Waals surface area contributed by atoms with Gasteiger partial charge in [0.1, 0.15) is 0 Å². The lowest BCUT2D eigenvalue weighted by Crippen LogP contribution is -2.29. The maximum absolute atomic E-state index is 4.62. The molecule has 0 saturated heterocycles. The van der Waals surface area contributed by atoms with Crippen molar-refractivity contribution < 1.29 is 0 Å². The minimum atomic E-state index is 0.668. The van der Waals surface area contributed by atoms with Crippen LogP contribution in [0.4, 0.5) is 0 Å². The van der Waals surface area contributed by atoms with Crippen molar-refractivity contribution in [2.24, 2.45) is 0 Å². The summed E-state index contributed by atoms with van der Waals surface area (Å²) in [4.78, 5) is 4.62. The van der Waals surface area contributed by atoms with E-state index in [1.165, 1.54) is 21.9 Å². The van der Waals surface area contributed by atoms with Crippen LogP contribution in [-0.4, -0.2) is 23.3 Å². The van der Waals surface area contributed by atoms with E-state index in [9.17, 15) is 0 Å².